The first kappa shape index (κ1) is 38.1. The minimum atomic E-state index is -1.07. The minimum absolute atomic E-state index is 0.112. The monoisotopic (exact) mass is 704 g/mol. The Kier molecular flexibility index (Phi) is 14.4. The van der Waals surface area contributed by atoms with Gasteiger partial charge in [-0.1, -0.05) is 93.5 Å². The Morgan fingerprint density at radius 3 is 2.16 bits per heavy atom. The molecule has 0 saturated carbocycles. The highest BCUT2D eigenvalue weighted by Crippen LogP contribution is 2.20. The normalized spacial score (nSPS) is 13.7. The van der Waals surface area contributed by atoms with Crippen LogP contribution in [-0.2, 0) is 35.5 Å². The number of aliphatic hydroxyl groups is 1. The molecule has 0 unspecified atom stereocenters. The Morgan fingerprint density at radius 2 is 1.58 bits per heavy atom. The highest BCUT2D eigenvalue weighted by Gasteiger charge is 2.31. The average molecular weight is 705 g/mol. The van der Waals surface area contributed by atoms with Crippen LogP contribution in [-0.4, -0.2) is 69.5 Å². The summed E-state index contributed by atoms with van der Waals surface area (Å²) in [6.07, 6.45) is 0.501. The van der Waals surface area contributed by atoms with E-state index in [-0.39, 0.29) is 24.9 Å². The van der Waals surface area contributed by atoms with E-state index in [1.54, 1.807) is 24.5 Å². The smallest absolute Gasteiger partial charge is 0.407 e. The molecule has 0 saturated heterocycles. The maximum atomic E-state index is 13.9. The quantitative estimate of drug-likeness (QED) is 0.113. The average Bonchev–Trinajstić information content (AvgIpc) is 3.79. The van der Waals surface area contributed by atoms with E-state index in [0.717, 1.165) is 21.8 Å². The van der Waals surface area contributed by atoms with Gasteiger partial charge >= 0.3 is 12.1 Å². The van der Waals surface area contributed by atoms with E-state index in [1.165, 1.54) is 11.1 Å². The number of ether oxygens (including phenoxy) is 1. The van der Waals surface area contributed by atoms with Gasteiger partial charge in [0.15, 0.2) is 12.4 Å². The zero-order valence-corrected chi connectivity index (χ0v) is 30.1. The van der Waals surface area contributed by atoms with Crippen molar-refractivity contribution in [1.82, 2.24) is 31.0 Å². The van der Waals surface area contributed by atoms with Gasteiger partial charge in [0.1, 0.15) is 6.04 Å². The maximum Gasteiger partial charge on any atom is 0.407 e. The number of aliphatic hydroxyl groups excluding tert-OH is 1. The summed E-state index contributed by atoms with van der Waals surface area (Å²) in [6, 6.07) is 18.2. The molecule has 0 aliphatic rings. The van der Waals surface area contributed by atoms with Crippen LogP contribution < -0.4 is 16.0 Å². The summed E-state index contributed by atoms with van der Waals surface area (Å²) in [5.41, 5.74) is 2.65. The molecule has 4 amide bonds. The van der Waals surface area contributed by atoms with Gasteiger partial charge in [-0.2, -0.15) is 0 Å². The number of nitrogens with zero attached hydrogens (tertiary/aromatic N) is 3. The van der Waals surface area contributed by atoms with Crippen molar-refractivity contribution >= 4 is 29.4 Å². The third kappa shape index (κ3) is 12.0. The van der Waals surface area contributed by atoms with E-state index < -0.39 is 36.4 Å². The molecule has 4 aromatic rings. The SMILES string of the molecule is CC(C)c1nc(CN(C)C(=O)N[C@H](C(=O)N[C@@H](Cc2ccccc2)C[C@H](O)[C@H](Cc2ccccc2)NC(=O)OCc2ccno2)C(C)C)cs1. The molecule has 4 rings (SSSR count). The molecule has 2 aromatic heterocycles. The lowest BCUT2D eigenvalue weighted by molar-refractivity contribution is -0.124. The number of nitrogens with one attached hydrogen (secondary N) is 3. The number of rotatable bonds is 17. The van der Waals surface area contributed by atoms with E-state index in [2.05, 4.69) is 39.9 Å². The van der Waals surface area contributed by atoms with Crippen molar-refractivity contribution in [3.8, 4) is 0 Å². The Labute approximate surface area is 297 Å². The number of alkyl carbamates (subject to hydrolysis) is 1. The van der Waals surface area contributed by atoms with Gasteiger partial charge in [0.05, 0.1) is 35.6 Å². The van der Waals surface area contributed by atoms with Crippen LogP contribution in [0.3, 0.4) is 0 Å². The van der Waals surface area contributed by atoms with Crippen LogP contribution in [0.5, 0.6) is 0 Å². The Balaban J connectivity index is 1.46. The second-order valence-electron chi connectivity index (χ2n) is 13.1. The van der Waals surface area contributed by atoms with Gasteiger partial charge < -0.3 is 35.2 Å². The molecule has 268 valence electrons. The molecule has 0 aliphatic heterocycles. The molecule has 0 aliphatic carbocycles. The molecular formula is C37H48N6O6S. The summed E-state index contributed by atoms with van der Waals surface area (Å²) in [7, 11) is 1.67. The lowest BCUT2D eigenvalue weighted by atomic mass is 9.93. The van der Waals surface area contributed by atoms with Crippen molar-refractivity contribution in [2.24, 2.45) is 5.92 Å². The van der Waals surface area contributed by atoms with E-state index in [4.69, 9.17) is 9.26 Å². The fourth-order valence-electron chi connectivity index (χ4n) is 5.39. The van der Waals surface area contributed by atoms with Gasteiger partial charge in [0, 0.05) is 30.5 Å². The predicted octanol–water partition coefficient (Wildman–Crippen LogP) is 5.44. The predicted molar refractivity (Wildman–Crippen MR) is 191 cm³/mol. The molecule has 0 bridgehead atoms. The molecule has 0 fully saturated rings. The molecular weight excluding hydrogens is 657 g/mol. The van der Waals surface area contributed by atoms with Crippen molar-refractivity contribution in [1.29, 1.82) is 0 Å². The molecule has 2 heterocycles. The zero-order valence-electron chi connectivity index (χ0n) is 29.2. The van der Waals surface area contributed by atoms with Crippen molar-refractivity contribution < 1.29 is 28.8 Å². The van der Waals surface area contributed by atoms with E-state index in [9.17, 15) is 19.5 Å². The first-order valence-corrected chi connectivity index (χ1v) is 17.7. The van der Waals surface area contributed by atoms with E-state index >= 15 is 0 Å². The third-order valence-corrected chi connectivity index (χ3v) is 9.33. The number of urea groups is 1. The number of amides is 4. The van der Waals surface area contributed by atoms with Gasteiger partial charge in [0.2, 0.25) is 5.91 Å². The number of thiazole rings is 1. The third-order valence-electron chi connectivity index (χ3n) is 8.14. The molecule has 2 aromatic carbocycles. The second-order valence-corrected chi connectivity index (χ2v) is 13.9. The van der Waals surface area contributed by atoms with Gasteiger partial charge in [-0.05, 0) is 36.3 Å². The van der Waals surface area contributed by atoms with Gasteiger partial charge in [-0.25, -0.2) is 14.6 Å². The highest BCUT2D eigenvalue weighted by molar-refractivity contribution is 7.09. The fraction of sp³-hybridized carbons (Fsp3) is 0.432. The second kappa shape index (κ2) is 18.9. The van der Waals surface area contributed by atoms with Crippen LogP contribution in [0, 0.1) is 5.92 Å². The topological polar surface area (TPSA) is 159 Å². The minimum Gasteiger partial charge on any atom is -0.441 e. The summed E-state index contributed by atoms with van der Waals surface area (Å²) in [5, 5.41) is 27.0. The number of hydrogen-bond donors (Lipinski definition) is 4. The number of carbonyl (C=O) groups excluding carboxylic acids is 3. The van der Waals surface area contributed by atoms with Gasteiger partial charge in [0.25, 0.3) is 0 Å². The van der Waals surface area contributed by atoms with Crippen LogP contribution >= 0.6 is 11.3 Å². The zero-order chi connectivity index (χ0) is 36.0. The summed E-state index contributed by atoms with van der Waals surface area (Å²) in [6.45, 7) is 8.07. The van der Waals surface area contributed by atoms with Crippen LogP contribution in [0.15, 0.2) is 82.8 Å². The molecule has 13 heteroatoms. The molecule has 4 N–H and O–H groups in total. The lowest BCUT2D eigenvalue weighted by Crippen LogP contribution is -2.55. The number of aromatic nitrogens is 2. The number of carbonyl (C=O) groups is 3. The summed E-state index contributed by atoms with van der Waals surface area (Å²) >= 11 is 1.56. The summed E-state index contributed by atoms with van der Waals surface area (Å²) in [4.78, 5) is 46.1. The first-order chi connectivity index (χ1) is 24.0. The van der Waals surface area contributed by atoms with Crippen molar-refractivity contribution in [2.45, 2.75) is 90.3 Å². The van der Waals surface area contributed by atoms with Crippen molar-refractivity contribution in [2.75, 3.05) is 7.05 Å². The Hall–Kier alpha value is -4.75. The lowest BCUT2D eigenvalue weighted by Gasteiger charge is -2.30. The number of benzene rings is 2. The Morgan fingerprint density at radius 1 is 0.920 bits per heavy atom. The van der Waals surface area contributed by atoms with Crippen molar-refractivity contribution in [3.05, 3.63) is 106 Å². The first-order valence-electron chi connectivity index (χ1n) is 16.8. The molecule has 50 heavy (non-hydrogen) atoms. The number of hydrogen-bond acceptors (Lipinski definition) is 9. The van der Waals surface area contributed by atoms with Gasteiger partial charge in [-0.15, -0.1) is 11.3 Å². The standard InChI is InChI=1S/C37H48N6O6S/c1-24(2)33(42-36(46)43(5)21-29-23-50-35(40-29)25(3)4)34(45)39-28(18-26-12-8-6-9-13-26)20-32(44)31(19-27-14-10-7-11-15-27)41-37(47)48-22-30-16-17-38-49-30/h6-17,23-25,28,31-33,44H,18-22H2,1-5H3,(H,39,45)(H,41,47)(H,42,46)/t28-,31-,32-,33-/m0/s1. The maximum absolute atomic E-state index is 13.9. The van der Waals surface area contributed by atoms with E-state index in [0.29, 0.717) is 31.1 Å². The molecule has 4 atom stereocenters. The largest absolute Gasteiger partial charge is 0.441 e. The Bertz CT molecular complexity index is 1620. The fourth-order valence-corrected chi connectivity index (χ4v) is 6.22. The highest BCUT2D eigenvalue weighted by atomic mass is 32.1. The molecule has 0 spiro atoms. The van der Waals surface area contributed by atoms with E-state index in [1.807, 2.05) is 79.9 Å². The van der Waals surface area contributed by atoms with Gasteiger partial charge in [-0.3, -0.25) is 4.79 Å². The molecule has 12 nitrogen and oxygen atoms in total. The summed E-state index contributed by atoms with van der Waals surface area (Å²) in [5.74, 6) is 0.0812. The van der Waals surface area contributed by atoms with Crippen LogP contribution in [0.25, 0.3) is 0 Å². The van der Waals surface area contributed by atoms with Crippen LogP contribution in [0.2, 0.25) is 0 Å². The molecule has 0 radical (unpaired) electrons. The van der Waals surface area contributed by atoms with Crippen molar-refractivity contribution in [3.63, 3.8) is 0 Å². The van der Waals surface area contributed by atoms with Crippen LogP contribution in [0.1, 0.15) is 67.6 Å². The summed E-state index contributed by atoms with van der Waals surface area (Å²) < 4.78 is 10.3. The van der Waals surface area contributed by atoms with Crippen LogP contribution in [0.4, 0.5) is 9.59 Å².